The molecule has 0 atom stereocenters. The molecule has 29 heavy (non-hydrogen) atoms. The summed E-state index contributed by atoms with van der Waals surface area (Å²) in [5.41, 5.74) is 0. The van der Waals surface area contributed by atoms with Gasteiger partial charge in [0.25, 0.3) is 0 Å². The maximum Gasteiger partial charge on any atom is 0.311 e. The number of rotatable bonds is 17. The van der Waals surface area contributed by atoms with Crippen LogP contribution >= 0.6 is 11.6 Å². The number of esters is 2. The van der Waals surface area contributed by atoms with Gasteiger partial charge in [0.05, 0.1) is 6.61 Å². The number of unbranched alkanes of at least 4 members (excludes halogenated alkanes) is 10. The Labute approximate surface area is 181 Å². The molecule has 0 spiro atoms. The minimum Gasteiger partial charge on any atom is -0.466 e. The van der Waals surface area contributed by atoms with Crippen LogP contribution in [0.1, 0.15) is 96.8 Å². The number of carbonyl (C=O) groups excluding carboxylic acids is 2. The Balaban J connectivity index is 1.88. The van der Waals surface area contributed by atoms with E-state index in [1.807, 2.05) is 0 Å². The quantitative estimate of drug-likeness (QED) is 0.150. The second-order valence-corrected chi connectivity index (χ2v) is 7.98. The van der Waals surface area contributed by atoms with Gasteiger partial charge in [0, 0.05) is 17.9 Å². The number of carbonyl (C=O) groups is 2. The van der Waals surface area contributed by atoms with E-state index in [1.54, 1.807) is 24.3 Å². The van der Waals surface area contributed by atoms with Crippen molar-refractivity contribution in [2.45, 2.75) is 96.8 Å². The van der Waals surface area contributed by atoms with Gasteiger partial charge < -0.3 is 9.47 Å². The average molecular weight is 425 g/mol. The van der Waals surface area contributed by atoms with E-state index in [2.05, 4.69) is 6.92 Å². The van der Waals surface area contributed by atoms with Gasteiger partial charge in [-0.3, -0.25) is 9.59 Å². The van der Waals surface area contributed by atoms with E-state index in [9.17, 15) is 9.59 Å². The number of hydrogen-bond acceptors (Lipinski definition) is 4. The van der Waals surface area contributed by atoms with Gasteiger partial charge in [0.15, 0.2) is 0 Å². The van der Waals surface area contributed by atoms with E-state index in [0.29, 0.717) is 30.2 Å². The van der Waals surface area contributed by atoms with Gasteiger partial charge in [0.2, 0.25) is 0 Å². The highest BCUT2D eigenvalue weighted by Gasteiger charge is 2.06. The van der Waals surface area contributed by atoms with Gasteiger partial charge in [-0.25, -0.2) is 0 Å². The van der Waals surface area contributed by atoms with Crippen molar-refractivity contribution < 1.29 is 19.1 Å². The van der Waals surface area contributed by atoms with E-state index in [0.717, 1.165) is 51.4 Å². The van der Waals surface area contributed by atoms with Gasteiger partial charge >= 0.3 is 11.9 Å². The molecule has 0 fully saturated rings. The topological polar surface area (TPSA) is 52.6 Å². The monoisotopic (exact) mass is 424 g/mol. The van der Waals surface area contributed by atoms with Crippen LogP contribution in [0, 0.1) is 0 Å². The molecule has 0 aliphatic rings. The van der Waals surface area contributed by atoms with Crippen molar-refractivity contribution in [1.82, 2.24) is 0 Å². The first-order chi connectivity index (χ1) is 14.1. The Morgan fingerprint density at radius 1 is 0.793 bits per heavy atom. The van der Waals surface area contributed by atoms with E-state index >= 15 is 0 Å². The molecule has 4 nitrogen and oxygen atoms in total. The third kappa shape index (κ3) is 15.0. The lowest BCUT2D eigenvalue weighted by molar-refractivity contribution is -0.144. The van der Waals surface area contributed by atoms with Crippen LogP contribution in [-0.4, -0.2) is 18.5 Å². The van der Waals surface area contributed by atoms with Crippen LogP contribution in [-0.2, 0) is 14.3 Å². The lowest BCUT2D eigenvalue weighted by Gasteiger charge is -2.06. The molecule has 0 amide bonds. The molecule has 0 unspecified atom stereocenters. The summed E-state index contributed by atoms with van der Waals surface area (Å²) in [5, 5.41) is 0.557. The molecule has 0 saturated carbocycles. The van der Waals surface area contributed by atoms with E-state index in [4.69, 9.17) is 21.1 Å². The molecule has 0 heterocycles. The fourth-order valence-corrected chi connectivity index (χ4v) is 3.28. The first kappa shape index (κ1) is 25.5. The summed E-state index contributed by atoms with van der Waals surface area (Å²) in [5.74, 6) is 0.202. The molecule has 5 heteroatoms. The molecule has 1 rings (SSSR count). The molecule has 1 aromatic rings. The summed E-state index contributed by atoms with van der Waals surface area (Å²) in [4.78, 5) is 23.5. The minimum atomic E-state index is -0.222. The van der Waals surface area contributed by atoms with E-state index in [-0.39, 0.29) is 11.9 Å². The van der Waals surface area contributed by atoms with E-state index in [1.165, 1.54) is 25.7 Å². The second kappa shape index (κ2) is 17.3. The number of ether oxygens (including phenoxy) is 2. The number of benzene rings is 1. The van der Waals surface area contributed by atoms with Crippen molar-refractivity contribution in [2.75, 3.05) is 6.61 Å². The lowest BCUT2D eigenvalue weighted by atomic mass is 10.1. The Kier molecular flexibility index (Phi) is 15.2. The highest BCUT2D eigenvalue weighted by atomic mass is 35.5. The van der Waals surface area contributed by atoms with Crippen LogP contribution < -0.4 is 4.74 Å². The highest BCUT2D eigenvalue weighted by molar-refractivity contribution is 6.30. The van der Waals surface area contributed by atoms with Gasteiger partial charge in [-0.15, -0.1) is 0 Å². The fraction of sp³-hybridized carbons (Fsp3) is 0.667. The van der Waals surface area contributed by atoms with Gasteiger partial charge in [-0.2, -0.15) is 0 Å². The number of halogens is 1. The number of hydrogen-bond donors (Lipinski definition) is 0. The van der Waals surface area contributed by atoms with Crippen molar-refractivity contribution in [3.8, 4) is 5.75 Å². The minimum absolute atomic E-state index is 0.0673. The predicted molar refractivity (Wildman–Crippen MR) is 118 cm³/mol. The molecular formula is C24H37ClO4. The van der Waals surface area contributed by atoms with Crippen LogP contribution in [0.15, 0.2) is 24.3 Å². The fourth-order valence-electron chi connectivity index (χ4n) is 3.10. The Morgan fingerprint density at radius 2 is 1.38 bits per heavy atom. The zero-order valence-electron chi connectivity index (χ0n) is 17.9. The maximum absolute atomic E-state index is 11.8. The maximum atomic E-state index is 11.8. The summed E-state index contributed by atoms with van der Waals surface area (Å²) in [6.07, 6.45) is 14.0. The first-order valence-corrected chi connectivity index (χ1v) is 11.6. The smallest absolute Gasteiger partial charge is 0.311 e. The van der Waals surface area contributed by atoms with Crippen LogP contribution in [0.5, 0.6) is 5.75 Å². The molecule has 164 valence electrons. The molecule has 0 N–H and O–H groups in total. The zero-order valence-corrected chi connectivity index (χ0v) is 18.7. The van der Waals surface area contributed by atoms with Crippen molar-refractivity contribution in [2.24, 2.45) is 0 Å². The molecule has 0 saturated heterocycles. The normalized spacial score (nSPS) is 10.7. The Morgan fingerprint density at radius 3 is 2.03 bits per heavy atom. The van der Waals surface area contributed by atoms with Gasteiger partial charge in [0.1, 0.15) is 5.75 Å². The molecule has 0 radical (unpaired) electrons. The van der Waals surface area contributed by atoms with Crippen LogP contribution in [0.4, 0.5) is 0 Å². The zero-order chi connectivity index (χ0) is 21.2. The van der Waals surface area contributed by atoms with Gasteiger partial charge in [-0.1, -0.05) is 82.4 Å². The van der Waals surface area contributed by atoms with Crippen molar-refractivity contribution >= 4 is 23.5 Å². The molecule has 1 aromatic carbocycles. The first-order valence-electron chi connectivity index (χ1n) is 11.2. The van der Waals surface area contributed by atoms with Crippen LogP contribution in [0.25, 0.3) is 0 Å². The van der Waals surface area contributed by atoms with Crippen molar-refractivity contribution in [1.29, 1.82) is 0 Å². The Hall–Kier alpha value is -1.55. The van der Waals surface area contributed by atoms with E-state index < -0.39 is 0 Å². The molecular weight excluding hydrogens is 388 g/mol. The second-order valence-electron chi connectivity index (χ2n) is 7.54. The van der Waals surface area contributed by atoms with Crippen molar-refractivity contribution in [3.63, 3.8) is 0 Å². The average Bonchev–Trinajstić information content (AvgIpc) is 2.69. The van der Waals surface area contributed by atoms with Crippen LogP contribution in [0.2, 0.25) is 5.02 Å². The standard InChI is InChI=1S/C24H37ClO4/c1-2-3-4-5-10-13-19-28-23(26)17-11-8-6-7-9-12-18-24(27)29-22-16-14-15-21(25)20-22/h14-16,20H,2-13,17-19H2,1H3. The third-order valence-electron chi connectivity index (χ3n) is 4.80. The predicted octanol–water partition coefficient (Wildman–Crippen LogP) is 7.27. The third-order valence-corrected chi connectivity index (χ3v) is 5.04. The highest BCUT2D eigenvalue weighted by Crippen LogP contribution is 2.18. The molecule has 0 aliphatic carbocycles. The van der Waals surface area contributed by atoms with Gasteiger partial charge in [-0.05, 0) is 37.5 Å². The summed E-state index contributed by atoms with van der Waals surface area (Å²) < 4.78 is 10.5. The SMILES string of the molecule is CCCCCCCCOC(=O)CCCCCCCCC(=O)Oc1cccc(Cl)c1. The largest absolute Gasteiger partial charge is 0.466 e. The van der Waals surface area contributed by atoms with Crippen molar-refractivity contribution in [3.05, 3.63) is 29.3 Å². The Bertz CT molecular complexity index is 574. The molecule has 0 bridgehead atoms. The summed E-state index contributed by atoms with van der Waals surface area (Å²) in [6, 6.07) is 6.87. The molecule has 0 aliphatic heterocycles. The lowest BCUT2D eigenvalue weighted by Crippen LogP contribution is -2.07. The molecule has 0 aromatic heterocycles. The summed E-state index contributed by atoms with van der Waals surface area (Å²) in [7, 11) is 0. The summed E-state index contributed by atoms with van der Waals surface area (Å²) in [6.45, 7) is 2.78. The van der Waals surface area contributed by atoms with Crippen LogP contribution in [0.3, 0.4) is 0 Å². The summed E-state index contributed by atoms with van der Waals surface area (Å²) >= 11 is 5.87.